The standard InChI is InChI=1S/C8H10N4S/c1-3-7-6(4-5-13-7)8-9-10-11-12(8)2/h4-5H,3H2,1-2H3. The van der Waals surface area contributed by atoms with Crippen LogP contribution in [0.4, 0.5) is 0 Å². The zero-order valence-corrected chi connectivity index (χ0v) is 8.38. The van der Waals surface area contributed by atoms with Gasteiger partial charge in [-0.3, -0.25) is 0 Å². The fourth-order valence-electron chi connectivity index (χ4n) is 1.27. The summed E-state index contributed by atoms with van der Waals surface area (Å²) in [6, 6.07) is 2.06. The molecule has 0 spiro atoms. The van der Waals surface area contributed by atoms with Crippen molar-refractivity contribution in [2.45, 2.75) is 13.3 Å². The van der Waals surface area contributed by atoms with Crippen LogP contribution in [0.3, 0.4) is 0 Å². The minimum Gasteiger partial charge on any atom is -0.229 e. The van der Waals surface area contributed by atoms with Gasteiger partial charge in [0.2, 0.25) is 0 Å². The van der Waals surface area contributed by atoms with Gasteiger partial charge in [0.25, 0.3) is 0 Å². The Bertz CT molecular complexity index is 404. The smallest absolute Gasteiger partial charge is 0.182 e. The molecule has 0 aliphatic heterocycles. The molecule has 0 atom stereocenters. The molecule has 0 aliphatic carbocycles. The number of aromatic nitrogens is 4. The van der Waals surface area contributed by atoms with Gasteiger partial charge >= 0.3 is 0 Å². The maximum atomic E-state index is 3.98. The van der Waals surface area contributed by atoms with E-state index in [1.807, 2.05) is 7.05 Å². The lowest BCUT2D eigenvalue weighted by atomic mass is 10.2. The van der Waals surface area contributed by atoms with Crippen LogP contribution in [0.15, 0.2) is 11.4 Å². The van der Waals surface area contributed by atoms with E-state index in [2.05, 4.69) is 33.9 Å². The van der Waals surface area contributed by atoms with E-state index in [4.69, 9.17) is 0 Å². The Balaban J connectivity index is 2.52. The molecular weight excluding hydrogens is 184 g/mol. The molecule has 0 saturated carbocycles. The third-order valence-electron chi connectivity index (χ3n) is 1.93. The summed E-state index contributed by atoms with van der Waals surface area (Å²) in [5, 5.41) is 13.5. The summed E-state index contributed by atoms with van der Waals surface area (Å²) in [4.78, 5) is 1.33. The Morgan fingerprint density at radius 3 is 3.00 bits per heavy atom. The van der Waals surface area contributed by atoms with Crippen LogP contribution in [-0.4, -0.2) is 20.2 Å². The van der Waals surface area contributed by atoms with E-state index in [0.29, 0.717) is 0 Å². The van der Waals surface area contributed by atoms with Crippen LogP contribution < -0.4 is 0 Å². The quantitative estimate of drug-likeness (QED) is 0.727. The fraction of sp³-hybridized carbons (Fsp3) is 0.375. The molecule has 0 radical (unpaired) electrons. The van der Waals surface area contributed by atoms with Gasteiger partial charge in [-0.1, -0.05) is 6.92 Å². The topological polar surface area (TPSA) is 43.6 Å². The van der Waals surface area contributed by atoms with Crippen molar-refractivity contribution in [3.05, 3.63) is 16.3 Å². The van der Waals surface area contributed by atoms with Gasteiger partial charge in [0, 0.05) is 17.5 Å². The van der Waals surface area contributed by atoms with Gasteiger partial charge in [-0.25, -0.2) is 4.68 Å². The maximum absolute atomic E-state index is 3.98. The highest BCUT2D eigenvalue weighted by atomic mass is 32.1. The first-order valence-electron chi connectivity index (χ1n) is 4.12. The maximum Gasteiger partial charge on any atom is 0.182 e. The van der Waals surface area contributed by atoms with Crippen LogP contribution in [-0.2, 0) is 13.5 Å². The molecule has 0 aliphatic rings. The van der Waals surface area contributed by atoms with Crippen LogP contribution in [0.25, 0.3) is 11.4 Å². The number of nitrogens with zero attached hydrogens (tertiary/aromatic N) is 4. The van der Waals surface area contributed by atoms with Crippen molar-refractivity contribution < 1.29 is 0 Å². The van der Waals surface area contributed by atoms with E-state index < -0.39 is 0 Å². The minimum absolute atomic E-state index is 0.845. The minimum atomic E-state index is 0.845. The van der Waals surface area contributed by atoms with E-state index in [-0.39, 0.29) is 0 Å². The average molecular weight is 194 g/mol. The SMILES string of the molecule is CCc1sccc1-c1nnnn1C. The van der Waals surface area contributed by atoms with Crippen molar-refractivity contribution in [3.8, 4) is 11.4 Å². The van der Waals surface area contributed by atoms with Crippen molar-refractivity contribution in [2.24, 2.45) is 7.05 Å². The summed E-state index contributed by atoms with van der Waals surface area (Å²) < 4.78 is 1.70. The van der Waals surface area contributed by atoms with E-state index in [0.717, 1.165) is 17.8 Å². The summed E-state index contributed by atoms with van der Waals surface area (Å²) in [6.45, 7) is 2.14. The molecule has 5 heteroatoms. The molecule has 0 N–H and O–H groups in total. The second-order valence-electron chi connectivity index (χ2n) is 2.74. The summed E-state index contributed by atoms with van der Waals surface area (Å²) in [7, 11) is 1.85. The van der Waals surface area contributed by atoms with Gasteiger partial charge in [-0.05, 0) is 28.3 Å². The lowest BCUT2D eigenvalue weighted by molar-refractivity contribution is 0.714. The lowest BCUT2D eigenvalue weighted by Crippen LogP contribution is -1.95. The summed E-state index contributed by atoms with van der Waals surface area (Å²) in [6.07, 6.45) is 1.03. The molecule has 4 nitrogen and oxygen atoms in total. The molecule has 0 bridgehead atoms. The van der Waals surface area contributed by atoms with Gasteiger partial charge in [-0.15, -0.1) is 16.4 Å². The number of hydrogen-bond acceptors (Lipinski definition) is 4. The molecule has 2 aromatic rings. The Kier molecular flexibility index (Phi) is 2.10. The molecule has 0 saturated heterocycles. The van der Waals surface area contributed by atoms with Crippen molar-refractivity contribution in [1.82, 2.24) is 20.2 Å². The van der Waals surface area contributed by atoms with Gasteiger partial charge in [-0.2, -0.15) is 0 Å². The normalized spacial score (nSPS) is 10.6. The highest BCUT2D eigenvalue weighted by Gasteiger charge is 2.10. The Hall–Kier alpha value is -1.23. The van der Waals surface area contributed by atoms with E-state index in [1.54, 1.807) is 16.0 Å². The Labute approximate surface area is 80.2 Å². The second-order valence-corrected chi connectivity index (χ2v) is 3.74. The predicted octanol–water partition coefficient (Wildman–Crippen LogP) is 1.50. The number of tetrazole rings is 1. The third-order valence-corrected chi connectivity index (χ3v) is 2.99. The molecular formula is C8H10N4S. The lowest BCUT2D eigenvalue weighted by Gasteiger charge is -1.97. The average Bonchev–Trinajstić information content (AvgIpc) is 2.71. The van der Waals surface area contributed by atoms with Crippen LogP contribution in [0.5, 0.6) is 0 Å². The monoisotopic (exact) mass is 194 g/mol. The highest BCUT2D eigenvalue weighted by Crippen LogP contribution is 2.25. The van der Waals surface area contributed by atoms with E-state index >= 15 is 0 Å². The van der Waals surface area contributed by atoms with E-state index in [9.17, 15) is 0 Å². The number of aryl methyl sites for hydroxylation is 2. The van der Waals surface area contributed by atoms with Crippen molar-refractivity contribution in [3.63, 3.8) is 0 Å². The predicted molar refractivity (Wildman–Crippen MR) is 51.5 cm³/mol. The Morgan fingerprint density at radius 2 is 2.38 bits per heavy atom. The third kappa shape index (κ3) is 1.35. The molecule has 2 heterocycles. The van der Waals surface area contributed by atoms with Crippen molar-refractivity contribution in [1.29, 1.82) is 0 Å². The molecule has 0 amide bonds. The summed E-state index contributed by atoms with van der Waals surface area (Å²) in [5.41, 5.74) is 1.15. The summed E-state index contributed by atoms with van der Waals surface area (Å²) >= 11 is 1.75. The van der Waals surface area contributed by atoms with Gasteiger partial charge in [0.05, 0.1) is 0 Å². The van der Waals surface area contributed by atoms with E-state index in [1.165, 1.54) is 4.88 Å². The molecule has 0 unspecified atom stereocenters. The molecule has 0 fully saturated rings. The number of rotatable bonds is 2. The van der Waals surface area contributed by atoms with Crippen LogP contribution in [0.1, 0.15) is 11.8 Å². The van der Waals surface area contributed by atoms with Gasteiger partial charge in [0.1, 0.15) is 0 Å². The van der Waals surface area contributed by atoms with Crippen molar-refractivity contribution in [2.75, 3.05) is 0 Å². The largest absolute Gasteiger partial charge is 0.229 e. The van der Waals surface area contributed by atoms with Gasteiger partial charge < -0.3 is 0 Å². The molecule has 2 aromatic heterocycles. The first-order valence-corrected chi connectivity index (χ1v) is 5.00. The molecule has 0 aromatic carbocycles. The first-order chi connectivity index (χ1) is 6.33. The molecule has 68 valence electrons. The van der Waals surface area contributed by atoms with Crippen LogP contribution in [0, 0.1) is 0 Å². The first kappa shape index (κ1) is 8.37. The molecule has 13 heavy (non-hydrogen) atoms. The highest BCUT2D eigenvalue weighted by molar-refractivity contribution is 7.10. The fourth-order valence-corrected chi connectivity index (χ4v) is 2.09. The zero-order valence-electron chi connectivity index (χ0n) is 7.56. The van der Waals surface area contributed by atoms with Crippen LogP contribution in [0.2, 0.25) is 0 Å². The van der Waals surface area contributed by atoms with Crippen molar-refractivity contribution >= 4 is 11.3 Å². The zero-order chi connectivity index (χ0) is 9.26. The summed E-state index contributed by atoms with van der Waals surface area (Å²) in [5.74, 6) is 0.845. The Morgan fingerprint density at radius 1 is 1.54 bits per heavy atom. The number of hydrogen-bond donors (Lipinski definition) is 0. The van der Waals surface area contributed by atoms with Crippen LogP contribution >= 0.6 is 11.3 Å². The number of thiophene rings is 1. The van der Waals surface area contributed by atoms with Gasteiger partial charge in [0.15, 0.2) is 5.82 Å². The molecule has 2 rings (SSSR count). The second kappa shape index (κ2) is 3.26.